The second kappa shape index (κ2) is 14.0. The van der Waals surface area contributed by atoms with Crippen LogP contribution in [-0.2, 0) is 32.6 Å². The zero-order valence-electron chi connectivity index (χ0n) is 23.5. The fourth-order valence-corrected chi connectivity index (χ4v) is 6.47. The van der Waals surface area contributed by atoms with Crippen molar-refractivity contribution in [3.05, 3.63) is 130 Å². The molecule has 4 aromatic rings. The Hall–Kier alpha value is -3.92. The molecule has 0 saturated carbocycles. The molecule has 4 aromatic carbocycles. The number of aryl methyl sites for hydroxylation is 1. The summed E-state index contributed by atoms with van der Waals surface area (Å²) in [6.45, 7) is 1.07. The van der Waals surface area contributed by atoms with E-state index in [0.29, 0.717) is 5.56 Å². The molecule has 1 N–H and O–H groups in total. The number of rotatable bonds is 11. The van der Waals surface area contributed by atoms with Gasteiger partial charge in [-0.2, -0.15) is 0 Å². The zero-order chi connectivity index (χ0) is 31.1. The Morgan fingerprint density at radius 3 is 2.05 bits per heavy atom. The predicted molar refractivity (Wildman–Crippen MR) is 167 cm³/mol. The smallest absolute Gasteiger partial charge is 0.264 e. The topological polar surface area (TPSA) is 86.8 Å². The summed E-state index contributed by atoms with van der Waals surface area (Å²) in [5.74, 6) is -1.57. The number of hydrogen-bond acceptors (Lipinski definition) is 4. The van der Waals surface area contributed by atoms with Gasteiger partial charge in [-0.05, 0) is 60.5 Å². The second-order valence-corrected chi connectivity index (χ2v) is 12.7. The van der Waals surface area contributed by atoms with Crippen LogP contribution in [0.2, 0.25) is 10.0 Å². The molecule has 0 fully saturated rings. The maximum Gasteiger partial charge on any atom is 0.264 e. The molecule has 2 amide bonds. The maximum atomic E-state index is 14.3. The van der Waals surface area contributed by atoms with E-state index in [0.717, 1.165) is 15.4 Å². The number of nitrogens with one attached hydrogen (secondary N) is 1. The molecule has 0 heterocycles. The number of carbonyl (C=O) groups is 2. The van der Waals surface area contributed by atoms with Gasteiger partial charge in [0.25, 0.3) is 10.0 Å². The Morgan fingerprint density at radius 2 is 1.47 bits per heavy atom. The number of amides is 2. The Kier molecular flexibility index (Phi) is 10.4. The van der Waals surface area contributed by atoms with E-state index in [-0.39, 0.29) is 33.6 Å². The number of sulfonamides is 1. The van der Waals surface area contributed by atoms with Crippen LogP contribution in [0.25, 0.3) is 0 Å². The first-order valence-electron chi connectivity index (χ1n) is 13.3. The van der Waals surface area contributed by atoms with Gasteiger partial charge >= 0.3 is 0 Å². The van der Waals surface area contributed by atoms with Gasteiger partial charge < -0.3 is 10.2 Å². The first kappa shape index (κ1) is 32.0. The SMILES string of the molecule is CNC(=O)[C@H](Cc1ccccc1)N(Cc1ccc(F)cc1)C(=O)CN(c1cc(Cl)cc(Cl)c1)S(=O)(=O)c1ccc(C)cc1. The molecule has 0 saturated heterocycles. The lowest BCUT2D eigenvalue weighted by atomic mass is 10.0. The zero-order valence-corrected chi connectivity index (χ0v) is 25.8. The summed E-state index contributed by atoms with van der Waals surface area (Å²) >= 11 is 12.5. The van der Waals surface area contributed by atoms with Crippen molar-refractivity contribution >= 4 is 50.7 Å². The standard InChI is InChI=1S/C32H30Cl2FN3O4S/c1-22-8-14-29(15-9-22)43(41,42)38(28-18-25(33)17-26(34)19-28)21-31(39)37(20-24-10-12-27(35)13-11-24)30(32(40)36-2)16-23-6-4-3-5-7-23/h3-15,17-19,30H,16,20-21H2,1-2H3,(H,36,40)/t30-/m0/s1. The quantitative estimate of drug-likeness (QED) is 0.217. The highest BCUT2D eigenvalue weighted by Crippen LogP contribution is 2.30. The molecule has 0 aliphatic rings. The molecular formula is C32H30Cl2FN3O4S. The number of anilines is 1. The molecule has 7 nitrogen and oxygen atoms in total. The number of halogens is 3. The van der Waals surface area contributed by atoms with Crippen molar-refractivity contribution in [2.75, 3.05) is 17.9 Å². The van der Waals surface area contributed by atoms with Gasteiger partial charge in [0.1, 0.15) is 18.4 Å². The van der Waals surface area contributed by atoms with E-state index in [1.165, 1.54) is 66.5 Å². The minimum atomic E-state index is -4.30. The fourth-order valence-electron chi connectivity index (χ4n) is 4.56. The molecule has 0 aliphatic carbocycles. The summed E-state index contributed by atoms with van der Waals surface area (Å²) in [4.78, 5) is 28.8. The Morgan fingerprint density at radius 1 is 0.860 bits per heavy atom. The number of benzene rings is 4. The van der Waals surface area contributed by atoms with Crippen LogP contribution in [0.15, 0.2) is 102 Å². The maximum absolute atomic E-state index is 14.3. The molecule has 0 aromatic heterocycles. The molecule has 0 bridgehead atoms. The van der Waals surface area contributed by atoms with Crippen molar-refractivity contribution in [3.63, 3.8) is 0 Å². The summed E-state index contributed by atoms with van der Waals surface area (Å²) in [5, 5.41) is 2.97. The molecule has 0 unspecified atom stereocenters. The van der Waals surface area contributed by atoms with Gasteiger partial charge in [0.05, 0.1) is 10.6 Å². The van der Waals surface area contributed by atoms with Gasteiger partial charge in [-0.25, -0.2) is 12.8 Å². The van der Waals surface area contributed by atoms with Crippen molar-refractivity contribution in [1.29, 1.82) is 0 Å². The molecule has 43 heavy (non-hydrogen) atoms. The van der Waals surface area contributed by atoms with Crippen LogP contribution in [0.1, 0.15) is 16.7 Å². The van der Waals surface area contributed by atoms with Crippen molar-refractivity contribution < 1.29 is 22.4 Å². The van der Waals surface area contributed by atoms with E-state index < -0.39 is 40.2 Å². The van der Waals surface area contributed by atoms with Gasteiger partial charge in [-0.15, -0.1) is 0 Å². The highest BCUT2D eigenvalue weighted by atomic mass is 35.5. The lowest BCUT2D eigenvalue weighted by Crippen LogP contribution is -2.53. The third kappa shape index (κ3) is 8.13. The van der Waals surface area contributed by atoms with Gasteiger partial charge in [0, 0.05) is 30.1 Å². The monoisotopic (exact) mass is 641 g/mol. The average Bonchev–Trinajstić information content (AvgIpc) is 2.98. The summed E-state index contributed by atoms with van der Waals surface area (Å²) < 4.78 is 42.7. The molecule has 224 valence electrons. The Bertz CT molecular complexity index is 1670. The van der Waals surface area contributed by atoms with E-state index in [1.807, 2.05) is 37.3 Å². The normalized spacial score (nSPS) is 11.9. The Labute approximate surface area is 260 Å². The number of likely N-dealkylation sites (N-methyl/N-ethyl adjacent to an activating group) is 1. The highest BCUT2D eigenvalue weighted by Gasteiger charge is 2.34. The molecule has 11 heteroatoms. The van der Waals surface area contributed by atoms with E-state index in [2.05, 4.69) is 5.32 Å². The van der Waals surface area contributed by atoms with Gasteiger partial charge in [-0.3, -0.25) is 13.9 Å². The van der Waals surface area contributed by atoms with Crippen LogP contribution in [0, 0.1) is 12.7 Å². The average molecular weight is 643 g/mol. The predicted octanol–water partition coefficient (Wildman–Crippen LogP) is 6.02. The number of hydrogen-bond donors (Lipinski definition) is 1. The van der Waals surface area contributed by atoms with E-state index >= 15 is 0 Å². The van der Waals surface area contributed by atoms with E-state index in [9.17, 15) is 22.4 Å². The van der Waals surface area contributed by atoms with Crippen LogP contribution >= 0.6 is 23.2 Å². The van der Waals surface area contributed by atoms with Crippen molar-refractivity contribution in [2.45, 2.75) is 30.8 Å². The minimum absolute atomic E-state index is 0.0424. The van der Waals surface area contributed by atoms with Crippen LogP contribution < -0.4 is 9.62 Å². The first-order chi connectivity index (χ1) is 20.5. The van der Waals surface area contributed by atoms with Crippen molar-refractivity contribution in [2.24, 2.45) is 0 Å². The largest absolute Gasteiger partial charge is 0.357 e. The second-order valence-electron chi connectivity index (χ2n) is 9.92. The highest BCUT2D eigenvalue weighted by molar-refractivity contribution is 7.92. The lowest BCUT2D eigenvalue weighted by molar-refractivity contribution is -0.139. The third-order valence-electron chi connectivity index (χ3n) is 6.81. The molecule has 4 rings (SSSR count). The molecule has 1 atom stereocenters. The lowest BCUT2D eigenvalue weighted by Gasteiger charge is -2.33. The summed E-state index contributed by atoms with van der Waals surface area (Å²) in [6, 6.07) is 24.1. The molecular weight excluding hydrogens is 612 g/mol. The first-order valence-corrected chi connectivity index (χ1v) is 15.5. The van der Waals surface area contributed by atoms with Crippen LogP contribution in [0.3, 0.4) is 0 Å². The fraction of sp³-hybridized carbons (Fsp3) is 0.188. The number of carbonyl (C=O) groups excluding carboxylic acids is 2. The van der Waals surface area contributed by atoms with Crippen molar-refractivity contribution in [3.8, 4) is 0 Å². The Balaban J connectivity index is 1.80. The van der Waals surface area contributed by atoms with Crippen LogP contribution in [-0.4, -0.2) is 44.8 Å². The molecule has 0 aliphatic heterocycles. The van der Waals surface area contributed by atoms with Crippen molar-refractivity contribution in [1.82, 2.24) is 10.2 Å². The number of nitrogens with zero attached hydrogens (tertiary/aromatic N) is 2. The summed E-state index contributed by atoms with van der Waals surface area (Å²) in [7, 11) is -2.84. The van der Waals surface area contributed by atoms with Gasteiger partial charge in [-0.1, -0.05) is 83.4 Å². The third-order valence-corrected chi connectivity index (χ3v) is 9.03. The summed E-state index contributed by atoms with van der Waals surface area (Å²) in [5.41, 5.74) is 2.27. The minimum Gasteiger partial charge on any atom is -0.357 e. The summed E-state index contributed by atoms with van der Waals surface area (Å²) in [6.07, 6.45) is 0.154. The molecule has 0 spiro atoms. The molecule has 0 radical (unpaired) electrons. The van der Waals surface area contributed by atoms with Gasteiger partial charge in [0.15, 0.2) is 0 Å². The van der Waals surface area contributed by atoms with E-state index in [4.69, 9.17) is 23.2 Å². The van der Waals surface area contributed by atoms with E-state index in [1.54, 1.807) is 12.1 Å². The van der Waals surface area contributed by atoms with Crippen LogP contribution in [0.4, 0.5) is 10.1 Å². The van der Waals surface area contributed by atoms with Crippen LogP contribution in [0.5, 0.6) is 0 Å². The van der Waals surface area contributed by atoms with Gasteiger partial charge in [0.2, 0.25) is 11.8 Å².